The van der Waals surface area contributed by atoms with E-state index in [1.807, 2.05) is 0 Å². The Hall–Kier alpha value is -0.590. The van der Waals surface area contributed by atoms with Crippen LogP contribution in [0.25, 0.3) is 0 Å². The van der Waals surface area contributed by atoms with Gasteiger partial charge in [0.25, 0.3) is 0 Å². The molecule has 1 nitrogen and oxygen atoms in total. The Bertz CT molecular complexity index is 674. The zero-order chi connectivity index (χ0) is 21.7. The molecule has 0 heterocycles. The Morgan fingerprint density at radius 3 is 2.43 bits per heavy atom. The highest BCUT2D eigenvalue weighted by molar-refractivity contribution is 5.91. The second-order valence-corrected chi connectivity index (χ2v) is 12.7. The highest BCUT2D eigenvalue weighted by Gasteiger charge is 2.59. The lowest BCUT2D eigenvalue weighted by Crippen LogP contribution is -2.51. The van der Waals surface area contributed by atoms with Crippen LogP contribution in [0, 0.1) is 52.3 Å². The molecule has 3 saturated carbocycles. The van der Waals surface area contributed by atoms with Crippen LogP contribution in [-0.4, -0.2) is 5.78 Å². The third-order valence-corrected chi connectivity index (χ3v) is 11.2. The van der Waals surface area contributed by atoms with Gasteiger partial charge in [0.15, 0.2) is 5.78 Å². The standard InChI is InChI=1S/C29H48O/c1-7-21(19(2)3)9-8-20(4)25-12-13-26-24-11-10-22-18-23(30)14-16-28(22,5)27(24)15-17-29(25,26)6/h18-21,24-27H,7-17H2,1-6H3/t20?,21-,24+,25-,26+,27+,28+,29-/m1/s1. The molecule has 0 N–H and O–H groups in total. The second-order valence-electron chi connectivity index (χ2n) is 12.7. The van der Waals surface area contributed by atoms with Crippen LogP contribution >= 0.6 is 0 Å². The van der Waals surface area contributed by atoms with Crippen molar-refractivity contribution in [1.82, 2.24) is 0 Å². The van der Waals surface area contributed by atoms with Gasteiger partial charge in [-0.25, -0.2) is 0 Å². The molecule has 0 bridgehead atoms. The smallest absolute Gasteiger partial charge is 0.155 e. The van der Waals surface area contributed by atoms with Gasteiger partial charge in [-0.3, -0.25) is 4.79 Å². The fourth-order valence-electron chi connectivity index (χ4n) is 9.22. The first kappa shape index (κ1) is 22.6. The van der Waals surface area contributed by atoms with Gasteiger partial charge in [-0.2, -0.15) is 0 Å². The number of carbonyl (C=O) groups excluding carboxylic acids is 1. The third-order valence-electron chi connectivity index (χ3n) is 11.2. The molecule has 3 fully saturated rings. The summed E-state index contributed by atoms with van der Waals surface area (Å²) in [5, 5.41) is 0. The fourth-order valence-corrected chi connectivity index (χ4v) is 9.22. The topological polar surface area (TPSA) is 17.1 Å². The predicted molar refractivity (Wildman–Crippen MR) is 127 cm³/mol. The lowest BCUT2D eigenvalue weighted by atomic mass is 9.46. The SMILES string of the molecule is CC[C@H](CCC(C)[C@H]1CC[C@H]2[C@@H]3CCC4=CC(=O)CC[C@]4(C)[C@H]3CC[C@]12C)C(C)C. The van der Waals surface area contributed by atoms with Crippen molar-refractivity contribution in [2.45, 2.75) is 112 Å². The first-order valence-electron chi connectivity index (χ1n) is 13.4. The zero-order valence-corrected chi connectivity index (χ0v) is 20.8. The van der Waals surface area contributed by atoms with Crippen molar-refractivity contribution in [3.8, 4) is 0 Å². The van der Waals surface area contributed by atoms with Crippen LogP contribution in [0.4, 0.5) is 0 Å². The second kappa shape index (κ2) is 8.40. The number of ketones is 1. The molecular formula is C29H48O. The number of allylic oxidation sites excluding steroid dienone is 1. The van der Waals surface area contributed by atoms with E-state index in [4.69, 9.17) is 0 Å². The van der Waals surface area contributed by atoms with Gasteiger partial charge < -0.3 is 0 Å². The Morgan fingerprint density at radius 1 is 0.967 bits per heavy atom. The van der Waals surface area contributed by atoms with Gasteiger partial charge in [0.1, 0.15) is 0 Å². The number of hydrogen-bond donors (Lipinski definition) is 0. The zero-order valence-electron chi connectivity index (χ0n) is 20.8. The van der Waals surface area contributed by atoms with Crippen molar-refractivity contribution in [2.24, 2.45) is 52.3 Å². The number of hydrogen-bond acceptors (Lipinski definition) is 1. The average Bonchev–Trinajstić information content (AvgIpc) is 3.06. The van der Waals surface area contributed by atoms with Gasteiger partial charge >= 0.3 is 0 Å². The van der Waals surface area contributed by atoms with Gasteiger partial charge in [-0.15, -0.1) is 0 Å². The van der Waals surface area contributed by atoms with Crippen LogP contribution in [0.15, 0.2) is 11.6 Å². The van der Waals surface area contributed by atoms with Crippen LogP contribution in [-0.2, 0) is 4.79 Å². The minimum Gasteiger partial charge on any atom is -0.295 e. The van der Waals surface area contributed by atoms with Gasteiger partial charge in [0.2, 0.25) is 0 Å². The molecule has 0 radical (unpaired) electrons. The highest BCUT2D eigenvalue weighted by atomic mass is 16.1. The van der Waals surface area contributed by atoms with E-state index in [9.17, 15) is 4.79 Å². The molecule has 4 aliphatic carbocycles. The summed E-state index contributed by atoms with van der Waals surface area (Å²) in [6.45, 7) is 15.0. The van der Waals surface area contributed by atoms with Crippen LogP contribution in [0.1, 0.15) is 112 Å². The first-order chi connectivity index (χ1) is 14.2. The minimum absolute atomic E-state index is 0.327. The molecule has 0 aromatic rings. The summed E-state index contributed by atoms with van der Waals surface area (Å²) in [7, 11) is 0. The van der Waals surface area contributed by atoms with E-state index < -0.39 is 0 Å². The lowest BCUT2D eigenvalue weighted by Gasteiger charge is -2.58. The maximum absolute atomic E-state index is 12.1. The maximum Gasteiger partial charge on any atom is 0.155 e. The van der Waals surface area contributed by atoms with E-state index in [1.165, 1.54) is 63.4 Å². The Morgan fingerprint density at radius 2 is 1.73 bits per heavy atom. The maximum atomic E-state index is 12.1. The molecule has 0 amide bonds. The summed E-state index contributed by atoms with van der Waals surface area (Å²) in [5.74, 6) is 6.63. The van der Waals surface area contributed by atoms with Gasteiger partial charge in [-0.1, -0.05) is 60.0 Å². The first-order valence-corrected chi connectivity index (χ1v) is 13.4. The Kier molecular flexibility index (Phi) is 6.33. The molecule has 0 saturated heterocycles. The average molecular weight is 413 g/mol. The predicted octanol–water partition coefficient (Wildman–Crippen LogP) is 8.23. The van der Waals surface area contributed by atoms with E-state index in [0.29, 0.717) is 16.6 Å². The van der Waals surface area contributed by atoms with Crippen molar-refractivity contribution in [3.63, 3.8) is 0 Å². The lowest BCUT2D eigenvalue weighted by molar-refractivity contribution is -0.117. The monoisotopic (exact) mass is 412 g/mol. The fraction of sp³-hybridized carbons (Fsp3) is 0.897. The van der Waals surface area contributed by atoms with E-state index in [0.717, 1.165) is 54.3 Å². The minimum atomic E-state index is 0.327. The molecule has 8 atom stereocenters. The van der Waals surface area contributed by atoms with Crippen molar-refractivity contribution < 1.29 is 4.79 Å². The molecule has 0 aromatic heterocycles. The van der Waals surface area contributed by atoms with Gasteiger partial charge in [0.05, 0.1) is 0 Å². The number of fused-ring (bicyclic) bond motifs is 5. The largest absolute Gasteiger partial charge is 0.295 e. The van der Waals surface area contributed by atoms with Crippen LogP contribution in [0.2, 0.25) is 0 Å². The highest BCUT2D eigenvalue weighted by Crippen LogP contribution is 2.67. The Labute approximate surface area is 186 Å². The molecule has 170 valence electrons. The Balaban J connectivity index is 1.48. The van der Waals surface area contributed by atoms with Crippen molar-refractivity contribution >= 4 is 5.78 Å². The molecular weight excluding hydrogens is 364 g/mol. The van der Waals surface area contributed by atoms with Crippen molar-refractivity contribution in [2.75, 3.05) is 0 Å². The summed E-state index contributed by atoms with van der Waals surface area (Å²) in [5.41, 5.74) is 2.42. The molecule has 4 rings (SSSR count). The molecule has 1 heteroatoms. The quantitative estimate of drug-likeness (QED) is 0.429. The number of carbonyl (C=O) groups is 1. The summed E-state index contributed by atoms with van der Waals surface area (Å²) >= 11 is 0. The normalized spacial score (nSPS) is 42.9. The molecule has 0 aliphatic heterocycles. The summed E-state index contributed by atoms with van der Waals surface area (Å²) < 4.78 is 0. The van der Waals surface area contributed by atoms with Crippen molar-refractivity contribution in [1.29, 1.82) is 0 Å². The van der Waals surface area contributed by atoms with E-state index in [-0.39, 0.29) is 0 Å². The molecule has 0 spiro atoms. The molecule has 30 heavy (non-hydrogen) atoms. The van der Waals surface area contributed by atoms with Gasteiger partial charge in [0, 0.05) is 6.42 Å². The van der Waals surface area contributed by atoms with E-state index in [2.05, 4.69) is 47.6 Å². The van der Waals surface area contributed by atoms with Crippen molar-refractivity contribution in [3.05, 3.63) is 11.6 Å². The van der Waals surface area contributed by atoms with E-state index in [1.54, 1.807) is 0 Å². The van der Waals surface area contributed by atoms with Crippen LogP contribution < -0.4 is 0 Å². The third kappa shape index (κ3) is 3.65. The van der Waals surface area contributed by atoms with Crippen LogP contribution in [0.3, 0.4) is 0 Å². The molecule has 1 unspecified atom stereocenters. The molecule has 0 aromatic carbocycles. The molecule has 4 aliphatic rings. The van der Waals surface area contributed by atoms with Gasteiger partial charge in [-0.05, 0) is 110 Å². The summed E-state index contributed by atoms with van der Waals surface area (Å²) in [6, 6.07) is 0. The summed E-state index contributed by atoms with van der Waals surface area (Å²) in [6.07, 6.45) is 16.5. The summed E-state index contributed by atoms with van der Waals surface area (Å²) in [4.78, 5) is 12.1. The van der Waals surface area contributed by atoms with Crippen LogP contribution in [0.5, 0.6) is 0 Å². The van der Waals surface area contributed by atoms with E-state index >= 15 is 0 Å². The number of rotatable bonds is 6.